The van der Waals surface area contributed by atoms with Gasteiger partial charge in [0, 0.05) is 22.7 Å². The number of amides is 1. The van der Waals surface area contributed by atoms with Gasteiger partial charge in [-0.05, 0) is 67.5 Å². The van der Waals surface area contributed by atoms with Gasteiger partial charge in [0.1, 0.15) is 22.1 Å². The molecule has 2 aromatic heterocycles. The monoisotopic (exact) mass is 430 g/mol. The first-order chi connectivity index (χ1) is 15.2. The third-order valence-electron chi connectivity index (χ3n) is 5.54. The molecule has 0 unspecified atom stereocenters. The van der Waals surface area contributed by atoms with E-state index in [-0.39, 0.29) is 5.91 Å². The minimum atomic E-state index is -0.198. The molecule has 0 radical (unpaired) electrons. The molecule has 1 saturated carbocycles. The molecule has 0 saturated heterocycles. The van der Waals surface area contributed by atoms with Gasteiger partial charge in [-0.25, -0.2) is 4.98 Å². The summed E-state index contributed by atoms with van der Waals surface area (Å²) in [5, 5.41) is 13.7. The molecule has 0 spiro atoms. The smallest absolute Gasteiger partial charge is 0.256 e. The highest BCUT2D eigenvalue weighted by Gasteiger charge is 2.15. The Morgan fingerprint density at radius 2 is 1.84 bits per heavy atom. The standard InChI is InChI=1S/C24H22N4O2S/c29-23(16-8-10-21(11-9-16)30-20-4-2-1-3-5-20)27-22-13-19-12-17(24-28-26-15-31-24)6-7-18(19)14-25-22/h6-15,20H,1-5H2,(H,25,27,29). The topological polar surface area (TPSA) is 77.0 Å². The predicted molar refractivity (Wildman–Crippen MR) is 123 cm³/mol. The van der Waals surface area contributed by atoms with E-state index in [1.54, 1.807) is 23.8 Å². The number of rotatable bonds is 5. The maximum Gasteiger partial charge on any atom is 0.256 e. The van der Waals surface area contributed by atoms with Crippen molar-refractivity contribution in [2.45, 2.75) is 38.2 Å². The summed E-state index contributed by atoms with van der Waals surface area (Å²) in [6.07, 6.45) is 8.02. The number of anilines is 1. The van der Waals surface area contributed by atoms with Crippen LogP contribution in [0.3, 0.4) is 0 Å². The molecular formula is C24H22N4O2S. The van der Waals surface area contributed by atoms with Gasteiger partial charge in [-0.15, -0.1) is 10.2 Å². The summed E-state index contributed by atoms with van der Waals surface area (Å²) in [7, 11) is 0. The van der Waals surface area contributed by atoms with E-state index in [1.807, 2.05) is 36.4 Å². The lowest BCUT2D eigenvalue weighted by atomic mass is 9.98. The summed E-state index contributed by atoms with van der Waals surface area (Å²) >= 11 is 1.49. The summed E-state index contributed by atoms with van der Waals surface area (Å²) < 4.78 is 6.05. The lowest BCUT2D eigenvalue weighted by Crippen LogP contribution is -2.19. The quantitative estimate of drug-likeness (QED) is 0.438. The van der Waals surface area contributed by atoms with Crippen LogP contribution in [0.4, 0.5) is 5.82 Å². The van der Waals surface area contributed by atoms with E-state index < -0.39 is 0 Å². The van der Waals surface area contributed by atoms with E-state index >= 15 is 0 Å². The Bertz CT molecular complexity index is 1190. The van der Waals surface area contributed by atoms with Crippen LogP contribution in [0.15, 0.2) is 60.2 Å². The van der Waals surface area contributed by atoms with Crippen molar-refractivity contribution in [2.24, 2.45) is 0 Å². The predicted octanol–water partition coefficient (Wildman–Crippen LogP) is 5.72. The van der Waals surface area contributed by atoms with Gasteiger partial charge in [-0.3, -0.25) is 4.79 Å². The second kappa shape index (κ2) is 8.81. The van der Waals surface area contributed by atoms with E-state index in [1.165, 1.54) is 30.6 Å². The molecule has 0 aliphatic heterocycles. The van der Waals surface area contributed by atoms with Gasteiger partial charge in [0.25, 0.3) is 5.91 Å². The molecule has 1 N–H and O–H groups in total. The normalized spacial score (nSPS) is 14.5. The van der Waals surface area contributed by atoms with E-state index in [9.17, 15) is 4.79 Å². The number of carbonyl (C=O) groups is 1. The molecule has 1 aliphatic rings. The van der Waals surface area contributed by atoms with E-state index in [4.69, 9.17) is 4.74 Å². The van der Waals surface area contributed by atoms with Gasteiger partial charge in [-0.2, -0.15) is 0 Å². The molecule has 7 heteroatoms. The summed E-state index contributed by atoms with van der Waals surface area (Å²) in [5.41, 5.74) is 3.27. The number of nitrogens with one attached hydrogen (secondary N) is 1. The van der Waals surface area contributed by atoms with Gasteiger partial charge in [0.2, 0.25) is 0 Å². The molecule has 5 rings (SSSR count). The number of carbonyl (C=O) groups excluding carboxylic acids is 1. The fraction of sp³-hybridized carbons (Fsp3) is 0.250. The van der Waals surface area contributed by atoms with E-state index in [2.05, 4.69) is 20.5 Å². The van der Waals surface area contributed by atoms with Crippen molar-refractivity contribution in [3.05, 3.63) is 65.8 Å². The number of hydrogen-bond donors (Lipinski definition) is 1. The number of hydrogen-bond acceptors (Lipinski definition) is 6. The molecule has 1 fully saturated rings. The fourth-order valence-electron chi connectivity index (χ4n) is 3.89. The van der Waals surface area contributed by atoms with Crippen LogP contribution in [0.1, 0.15) is 42.5 Å². The molecule has 31 heavy (non-hydrogen) atoms. The van der Waals surface area contributed by atoms with Gasteiger partial charge >= 0.3 is 0 Å². The summed E-state index contributed by atoms with van der Waals surface area (Å²) in [4.78, 5) is 17.1. The number of benzene rings is 2. The average Bonchev–Trinajstić information content (AvgIpc) is 3.35. The van der Waals surface area contributed by atoms with Crippen molar-refractivity contribution in [3.63, 3.8) is 0 Å². The minimum absolute atomic E-state index is 0.198. The van der Waals surface area contributed by atoms with Crippen LogP contribution in [0.25, 0.3) is 21.3 Å². The maximum absolute atomic E-state index is 12.7. The molecule has 0 atom stereocenters. The lowest BCUT2D eigenvalue weighted by Gasteiger charge is -2.23. The zero-order valence-corrected chi connectivity index (χ0v) is 17.8. The second-order valence-electron chi connectivity index (χ2n) is 7.73. The van der Waals surface area contributed by atoms with E-state index in [0.29, 0.717) is 17.5 Å². The van der Waals surface area contributed by atoms with Crippen molar-refractivity contribution in [1.82, 2.24) is 15.2 Å². The number of fused-ring (bicyclic) bond motifs is 1. The van der Waals surface area contributed by atoms with Crippen molar-refractivity contribution >= 4 is 33.8 Å². The molecule has 1 amide bonds. The molecule has 4 aromatic rings. The van der Waals surface area contributed by atoms with Crippen molar-refractivity contribution in [2.75, 3.05) is 5.32 Å². The third kappa shape index (κ3) is 4.56. The number of nitrogens with zero attached hydrogens (tertiary/aromatic N) is 3. The Kier molecular flexibility index (Phi) is 5.58. The second-order valence-corrected chi connectivity index (χ2v) is 8.56. The summed E-state index contributed by atoms with van der Waals surface area (Å²) in [6, 6.07) is 15.2. The first-order valence-corrected chi connectivity index (χ1v) is 11.4. The number of ether oxygens (including phenoxy) is 1. The first-order valence-electron chi connectivity index (χ1n) is 10.5. The van der Waals surface area contributed by atoms with Gasteiger partial charge < -0.3 is 10.1 Å². The van der Waals surface area contributed by atoms with Crippen LogP contribution in [0.2, 0.25) is 0 Å². The third-order valence-corrected chi connectivity index (χ3v) is 6.28. The Morgan fingerprint density at radius 3 is 2.61 bits per heavy atom. The highest BCUT2D eigenvalue weighted by Crippen LogP contribution is 2.27. The summed E-state index contributed by atoms with van der Waals surface area (Å²) in [6.45, 7) is 0. The molecule has 2 aromatic carbocycles. The highest BCUT2D eigenvalue weighted by molar-refractivity contribution is 7.12. The average molecular weight is 431 g/mol. The Hall–Kier alpha value is -3.32. The van der Waals surface area contributed by atoms with Crippen LogP contribution in [-0.4, -0.2) is 27.2 Å². The molecular weight excluding hydrogens is 408 g/mol. The van der Waals surface area contributed by atoms with Crippen molar-refractivity contribution < 1.29 is 9.53 Å². The van der Waals surface area contributed by atoms with Crippen LogP contribution < -0.4 is 10.1 Å². The molecule has 6 nitrogen and oxygen atoms in total. The van der Waals surface area contributed by atoms with Crippen LogP contribution in [0, 0.1) is 0 Å². The van der Waals surface area contributed by atoms with Crippen molar-refractivity contribution in [3.8, 4) is 16.3 Å². The van der Waals surface area contributed by atoms with Gasteiger partial charge in [-0.1, -0.05) is 29.9 Å². The highest BCUT2D eigenvalue weighted by atomic mass is 32.1. The largest absolute Gasteiger partial charge is 0.490 e. The summed E-state index contributed by atoms with van der Waals surface area (Å²) in [5.74, 6) is 1.13. The maximum atomic E-state index is 12.7. The Balaban J connectivity index is 1.29. The molecule has 0 bridgehead atoms. The van der Waals surface area contributed by atoms with Gasteiger partial charge in [0.05, 0.1) is 6.10 Å². The Labute approximate surface area is 184 Å². The van der Waals surface area contributed by atoms with Crippen molar-refractivity contribution in [1.29, 1.82) is 0 Å². The molecule has 156 valence electrons. The number of pyridine rings is 1. The molecule has 2 heterocycles. The fourth-order valence-corrected chi connectivity index (χ4v) is 4.44. The SMILES string of the molecule is O=C(Nc1cc2cc(-c3nncs3)ccc2cn1)c1ccc(OC2CCCCC2)cc1. The molecule has 1 aliphatic carbocycles. The minimum Gasteiger partial charge on any atom is -0.490 e. The number of aromatic nitrogens is 3. The zero-order chi connectivity index (χ0) is 21.0. The van der Waals surface area contributed by atoms with Crippen LogP contribution >= 0.6 is 11.3 Å². The van der Waals surface area contributed by atoms with E-state index in [0.717, 1.165) is 39.9 Å². The first kappa shape index (κ1) is 19.6. The van der Waals surface area contributed by atoms with Crippen LogP contribution in [0.5, 0.6) is 5.75 Å². The van der Waals surface area contributed by atoms with Gasteiger partial charge in [0.15, 0.2) is 0 Å². The Morgan fingerprint density at radius 1 is 1.00 bits per heavy atom. The van der Waals surface area contributed by atoms with Crippen LogP contribution in [-0.2, 0) is 0 Å². The zero-order valence-electron chi connectivity index (χ0n) is 17.0. The lowest BCUT2D eigenvalue weighted by molar-refractivity contribution is 0.102.